The monoisotopic (exact) mass is 450 g/mol. The number of nitrogens with zero attached hydrogens (tertiary/aromatic N) is 1. The van der Waals surface area contributed by atoms with Gasteiger partial charge in [-0.3, -0.25) is 4.79 Å². The summed E-state index contributed by atoms with van der Waals surface area (Å²) in [6.07, 6.45) is 1.44. The predicted octanol–water partition coefficient (Wildman–Crippen LogP) is 4.27. The number of halogens is 2. The number of amides is 1. The molecule has 0 aromatic heterocycles. The lowest BCUT2D eigenvalue weighted by Crippen LogP contribution is -2.44. The molecule has 31 heavy (non-hydrogen) atoms. The summed E-state index contributed by atoms with van der Waals surface area (Å²) in [5.74, 6) is -1.85. The van der Waals surface area contributed by atoms with Crippen LogP contribution in [-0.2, 0) is 14.8 Å². The highest BCUT2D eigenvalue weighted by Crippen LogP contribution is 2.27. The number of benzene rings is 2. The van der Waals surface area contributed by atoms with Gasteiger partial charge in [-0.05, 0) is 48.9 Å². The second-order valence-corrected chi connectivity index (χ2v) is 10.3. The Morgan fingerprint density at radius 2 is 1.74 bits per heavy atom. The molecule has 1 aliphatic rings. The standard InChI is InChI=1S/C23H28F2N2O3S/c1-16(2)14-21(17-6-4-3-5-7-17)26-23(28)18-10-12-27(13-11-18)31(29,30)22-15-19(24)8-9-20(22)25/h3-9,15-16,18,21H,10-14H2,1-2H3,(H,26,28). The molecule has 5 nitrogen and oxygen atoms in total. The topological polar surface area (TPSA) is 66.5 Å². The van der Waals surface area contributed by atoms with Crippen molar-refractivity contribution in [2.75, 3.05) is 13.1 Å². The van der Waals surface area contributed by atoms with E-state index in [-0.39, 0.29) is 31.0 Å². The number of carbonyl (C=O) groups is 1. The Hall–Kier alpha value is -2.32. The first-order chi connectivity index (χ1) is 14.7. The van der Waals surface area contributed by atoms with Crippen LogP contribution in [0.3, 0.4) is 0 Å². The fourth-order valence-corrected chi connectivity index (χ4v) is 5.44. The number of sulfonamides is 1. The van der Waals surface area contributed by atoms with E-state index in [0.717, 1.165) is 28.4 Å². The van der Waals surface area contributed by atoms with E-state index in [1.807, 2.05) is 30.3 Å². The molecular formula is C23H28F2N2O3S. The predicted molar refractivity (Wildman–Crippen MR) is 115 cm³/mol. The van der Waals surface area contributed by atoms with E-state index in [0.29, 0.717) is 24.8 Å². The molecule has 1 fully saturated rings. The van der Waals surface area contributed by atoms with Gasteiger partial charge in [0.2, 0.25) is 15.9 Å². The minimum atomic E-state index is -4.16. The number of hydrogen-bond acceptors (Lipinski definition) is 3. The van der Waals surface area contributed by atoms with Crippen LogP contribution in [0.4, 0.5) is 8.78 Å². The molecule has 1 unspecified atom stereocenters. The minimum absolute atomic E-state index is 0.0799. The molecule has 1 N–H and O–H groups in total. The first-order valence-electron chi connectivity index (χ1n) is 10.5. The largest absolute Gasteiger partial charge is 0.349 e. The maximum atomic E-state index is 14.0. The summed E-state index contributed by atoms with van der Waals surface area (Å²) in [6.45, 7) is 4.35. The number of rotatable bonds is 7. The van der Waals surface area contributed by atoms with Gasteiger partial charge in [0, 0.05) is 19.0 Å². The molecule has 1 aliphatic heterocycles. The third-order valence-electron chi connectivity index (χ3n) is 5.56. The number of piperidine rings is 1. The molecule has 1 amide bonds. The van der Waals surface area contributed by atoms with Crippen molar-refractivity contribution in [3.05, 3.63) is 65.7 Å². The summed E-state index contributed by atoms with van der Waals surface area (Å²) in [5.41, 5.74) is 1.03. The Morgan fingerprint density at radius 1 is 1.10 bits per heavy atom. The maximum Gasteiger partial charge on any atom is 0.246 e. The Kier molecular flexibility index (Phi) is 7.43. The van der Waals surface area contributed by atoms with Gasteiger partial charge >= 0.3 is 0 Å². The molecule has 0 radical (unpaired) electrons. The van der Waals surface area contributed by atoms with Gasteiger partial charge in [-0.15, -0.1) is 0 Å². The van der Waals surface area contributed by atoms with Crippen molar-refractivity contribution < 1.29 is 22.0 Å². The molecule has 0 spiro atoms. The van der Waals surface area contributed by atoms with Crippen LogP contribution in [0.2, 0.25) is 0 Å². The molecule has 1 saturated heterocycles. The van der Waals surface area contributed by atoms with Crippen LogP contribution in [0.25, 0.3) is 0 Å². The number of carbonyl (C=O) groups excluding carboxylic acids is 1. The normalized spacial score (nSPS) is 16.9. The fourth-order valence-electron chi connectivity index (χ4n) is 3.90. The van der Waals surface area contributed by atoms with Gasteiger partial charge < -0.3 is 5.32 Å². The van der Waals surface area contributed by atoms with Crippen molar-refractivity contribution in [1.82, 2.24) is 9.62 Å². The van der Waals surface area contributed by atoms with Crippen molar-refractivity contribution in [3.63, 3.8) is 0 Å². The summed E-state index contributed by atoms with van der Waals surface area (Å²) in [7, 11) is -4.16. The summed E-state index contributed by atoms with van der Waals surface area (Å²) in [6, 6.07) is 12.0. The van der Waals surface area contributed by atoms with E-state index in [1.54, 1.807) is 0 Å². The van der Waals surface area contributed by atoms with Gasteiger partial charge in [-0.1, -0.05) is 44.2 Å². The second kappa shape index (κ2) is 9.87. The van der Waals surface area contributed by atoms with Crippen LogP contribution in [-0.4, -0.2) is 31.7 Å². The third kappa shape index (κ3) is 5.68. The second-order valence-electron chi connectivity index (χ2n) is 8.35. The van der Waals surface area contributed by atoms with Crippen molar-refractivity contribution in [2.24, 2.45) is 11.8 Å². The molecule has 168 valence electrons. The van der Waals surface area contributed by atoms with Crippen LogP contribution in [0.15, 0.2) is 53.4 Å². The van der Waals surface area contributed by atoms with Gasteiger partial charge in [-0.2, -0.15) is 4.31 Å². The summed E-state index contributed by atoms with van der Waals surface area (Å²) >= 11 is 0. The molecule has 0 aliphatic carbocycles. The summed E-state index contributed by atoms with van der Waals surface area (Å²) in [5, 5.41) is 3.12. The maximum absolute atomic E-state index is 14.0. The van der Waals surface area contributed by atoms with Gasteiger partial charge in [0.15, 0.2) is 0 Å². The highest BCUT2D eigenvalue weighted by atomic mass is 32.2. The fraction of sp³-hybridized carbons (Fsp3) is 0.435. The first kappa shape index (κ1) is 23.3. The van der Waals surface area contributed by atoms with Crippen LogP contribution in [0, 0.1) is 23.5 Å². The smallest absolute Gasteiger partial charge is 0.246 e. The minimum Gasteiger partial charge on any atom is -0.349 e. The van der Waals surface area contributed by atoms with E-state index in [1.165, 1.54) is 0 Å². The molecule has 1 heterocycles. The van der Waals surface area contributed by atoms with Crippen molar-refractivity contribution in [1.29, 1.82) is 0 Å². The Morgan fingerprint density at radius 3 is 2.35 bits per heavy atom. The quantitative estimate of drug-likeness (QED) is 0.685. The first-order valence-corrected chi connectivity index (χ1v) is 11.9. The zero-order valence-electron chi connectivity index (χ0n) is 17.7. The van der Waals surface area contributed by atoms with Crippen LogP contribution in [0.1, 0.15) is 44.7 Å². The molecular weight excluding hydrogens is 422 g/mol. The van der Waals surface area contributed by atoms with E-state index in [2.05, 4.69) is 19.2 Å². The zero-order valence-corrected chi connectivity index (χ0v) is 18.5. The van der Waals surface area contributed by atoms with Gasteiger partial charge in [0.05, 0.1) is 6.04 Å². The Balaban J connectivity index is 1.65. The molecule has 2 aromatic rings. The average Bonchev–Trinajstić information content (AvgIpc) is 2.75. The summed E-state index contributed by atoms with van der Waals surface area (Å²) in [4.78, 5) is 12.2. The molecule has 0 saturated carbocycles. The summed E-state index contributed by atoms with van der Waals surface area (Å²) < 4.78 is 54.1. The zero-order chi connectivity index (χ0) is 22.6. The highest BCUT2D eigenvalue weighted by molar-refractivity contribution is 7.89. The van der Waals surface area contributed by atoms with Crippen molar-refractivity contribution >= 4 is 15.9 Å². The van der Waals surface area contributed by atoms with Crippen molar-refractivity contribution in [3.8, 4) is 0 Å². The van der Waals surface area contributed by atoms with Gasteiger partial charge in [0.1, 0.15) is 16.5 Å². The SMILES string of the molecule is CC(C)CC(NC(=O)C1CCN(S(=O)(=O)c2cc(F)ccc2F)CC1)c1ccccc1. The van der Waals surface area contributed by atoms with Crippen LogP contribution < -0.4 is 5.32 Å². The number of hydrogen-bond donors (Lipinski definition) is 1. The number of nitrogens with one attached hydrogen (secondary N) is 1. The van der Waals surface area contributed by atoms with Crippen molar-refractivity contribution in [2.45, 2.75) is 44.0 Å². The molecule has 0 bridgehead atoms. The third-order valence-corrected chi connectivity index (χ3v) is 7.47. The lowest BCUT2D eigenvalue weighted by molar-refractivity contribution is -0.127. The van der Waals surface area contributed by atoms with E-state index in [9.17, 15) is 22.0 Å². The lowest BCUT2D eigenvalue weighted by Gasteiger charge is -2.32. The van der Waals surface area contributed by atoms with Gasteiger partial charge in [0.25, 0.3) is 0 Å². The van der Waals surface area contributed by atoms with E-state index in [4.69, 9.17) is 0 Å². The molecule has 8 heteroatoms. The van der Waals surface area contributed by atoms with E-state index < -0.39 is 26.6 Å². The Bertz CT molecular complexity index is 1000. The molecule has 3 rings (SSSR count). The van der Waals surface area contributed by atoms with Crippen LogP contribution >= 0.6 is 0 Å². The van der Waals surface area contributed by atoms with Gasteiger partial charge in [-0.25, -0.2) is 17.2 Å². The molecule has 2 aromatic carbocycles. The van der Waals surface area contributed by atoms with Crippen LogP contribution in [0.5, 0.6) is 0 Å². The highest BCUT2D eigenvalue weighted by Gasteiger charge is 2.34. The lowest BCUT2D eigenvalue weighted by atomic mass is 9.93. The van der Waals surface area contributed by atoms with E-state index >= 15 is 0 Å². The molecule has 1 atom stereocenters. The average molecular weight is 451 g/mol. The Labute approximate surface area is 182 Å².